The van der Waals surface area contributed by atoms with Crippen molar-refractivity contribution >= 4 is 40.2 Å². The van der Waals surface area contributed by atoms with Gasteiger partial charge in [0.2, 0.25) is 0 Å². The molecule has 0 bridgehead atoms. The van der Waals surface area contributed by atoms with Crippen molar-refractivity contribution < 1.29 is 19.1 Å². The van der Waals surface area contributed by atoms with Crippen LogP contribution < -0.4 is 10.1 Å². The smallest absolute Gasteiger partial charge is 0.351 e. The van der Waals surface area contributed by atoms with Gasteiger partial charge in [-0.05, 0) is 56.5 Å². The molecule has 1 atom stereocenters. The molecule has 3 aromatic rings. The molecule has 0 saturated heterocycles. The van der Waals surface area contributed by atoms with E-state index < -0.39 is 18.0 Å². The van der Waals surface area contributed by atoms with Crippen LogP contribution in [0.3, 0.4) is 0 Å². The number of ether oxygens (including phenoxy) is 2. The largest absolute Gasteiger partial charge is 0.494 e. The van der Waals surface area contributed by atoms with E-state index in [-0.39, 0.29) is 0 Å². The van der Waals surface area contributed by atoms with Crippen LogP contribution in [0.5, 0.6) is 5.75 Å². The molecule has 8 heteroatoms. The van der Waals surface area contributed by atoms with Crippen LogP contribution in [-0.2, 0) is 9.53 Å². The maximum atomic E-state index is 12.5. The monoisotopic (exact) mass is 416 g/mol. The minimum Gasteiger partial charge on any atom is -0.494 e. The summed E-state index contributed by atoms with van der Waals surface area (Å²) in [4.78, 5) is 30.7. The second kappa shape index (κ2) is 8.99. The van der Waals surface area contributed by atoms with Crippen LogP contribution in [0.2, 0.25) is 0 Å². The Morgan fingerprint density at radius 1 is 1.21 bits per heavy atom. The van der Waals surface area contributed by atoms with Gasteiger partial charge in [0.1, 0.15) is 15.6 Å². The summed E-state index contributed by atoms with van der Waals surface area (Å²) in [6, 6.07) is 10.9. The quantitative estimate of drug-likeness (QED) is 0.562. The van der Waals surface area contributed by atoms with Gasteiger partial charge in [-0.25, -0.2) is 9.78 Å². The third-order valence-corrected chi connectivity index (χ3v) is 5.98. The van der Waals surface area contributed by atoms with E-state index in [1.807, 2.05) is 24.4 Å². The van der Waals surface area contributed by atoms with Gasteiger partial charge in [-0.1, -0.05) is 6.07 Å². The highest BCUT2D eigenvalue weighted by Gasteiger charge is 2.23. The summed E-state index contributed by atoms with van der Waals surface area (Å²) in [7, 11) is 0. The number of nitrogens with one attached hydrogen (secondary N) is 1. The van der Waals surface area contributed by atoms with Gasteiger partial charge in [0.15, 0.2) is 6.10 Å². The summed E-state index contributed by atoms with van der Waals surface area (Å²) in [6.07, 6.45) is -0.939. The molecule has 0 saturated carbocycles. The molecule has 0 aliphatic carbocycles. The number of carbonyl (C=O) groups excluding carboxylic acids is 2. The molecule has 1 unspecified atom stereocenters. The Morgan fingerprint density at radius 3 is 2.61 bits per heavy atom. The molecule has 0 aliphatic rings. The summed E-state index contributed by atoms with van der Waals surface area (Å²) in [5, 5.41) is 5.45. The van der Waals surface area contributed by atoms with E-state index >= 15 is 0 Å². The van der Waals surface area contributed by atoms with Crippen molar-refractivity contribution in [2.75, 3.05) is 11.9 Å². The minimum atomic E-state index is -0.939. The van der Waals surface area contributed by atoms with Gasteiger partial charge < -0.3 is 14.8 Å². The highest BCUT2D eigenvalue weighted by Crippen LogP contribution is 2.31. The Hall–Kier alpha value is -2.71. The van der Waals surface area contributed by atoms with E-state index in [4.69, 9.17) is 9.47 Å². The minimum absolute atomic E-state index is 0.404. The average Bonchev–Trinajstić information content (AvgIpc) is 3.33. The first-order valence-electron chi connectivity index (χ1n) is 8.74. The van der Waals surface area contributed by atoms with Crippen molar-refractivity contribution in [3.63, 3.8) is 0 Å². The van der Waals surface area contributed by atoms with E-state index in [9.17, 15) is 9.59 Å². The maximum absolute atomic E-state index is 12.5. The summed E-state index contributed by atoms with van der Waals surface area (Å²) in [6.45, 7) is 5.77. The van der Waals surface area contributed by atoms with Gasteiger partial charge in [0, 0.05) is 5.69 Å². The van der Waals surface area contributed by atoms with E-state index in [0.717, 1.165) is 15.6 Å². The number of aryl methyl sites for hydroxylation is 1. The van der Waals surface area contributed by atoms with Crippen molar-refractivity contribution in [3.05, 3.63) is 52.3 Å². The fourth-order valence-corrected chi connectivity index (χ4v) is 4.15. The zero-order valence-electron chi connectivity index (χ0n) is 15.7. The molecule has 2 aromatic heterocycles. The lowest BCUT2D eigenvalue weighted by molar-refractivity contribution is -0.123. The zero-order valence-corrected chi connectivity index (χ0v) is 17.4. The molecule has 146 valence electrons. The summed E-state index contributed by atoms with van der Waals surface area (Å²) in [5.74, 6) is -0.229. The van der Waals surface area contributed by atoms with Crippen LogP contribution in [0.4, 0.5) is 5.69 Å². The molecule has 1 aromatic carbocycles. The predicted octanol–water partition coefficient (Wildman–Crippen LogP) is 4.76. The standard InChI is InChI=1S/C20H20N2O4S2/c1-4-25-15-9-7-14(8-10-15)22-18(23)13(3)26-20(24)17-12(2)21-19(28-17)16-6-5-11-27-16/h5-11,13H,4H2,1-3H3,(H,22,23). The maximum Gasteiger partial charge on any atom is 0.351 e. The molecule has 0 radical (unpaired) electrons. The van der Waals surface area contributed by atoms with E-state index in [0.29, 0.717) is 22.9 Å². The first-order chi connectivity index (χ1) is 13.5. The molecule has 0 aliphatic heterocycles. The molecule has 6 nitrogen and oxygen atoms in total. The van der Waals surface area contributed by atoms with Crippen molar-refractivity contribution in [3.8, 4) is 15.6 Å². The molecule has 3 rings (SSSR count). The third-order valence-electron chi connectivity index (χ3n) is 3.80. The Balaban J connectivity index is 1.61. The second-order valence-corrected chi connectivity index (χ2v) is 7.85. The fourth-order valence-electron chi connectivity index (χ4n) is 2.40. The number of hydrogen-bond acceptors (Lipinski definition) is 7. The van der Waals surface area contributed by atoms with Crippen LogP contribution in [0.25, 0.3) is 9.88 Å². The predicted molar refractivity (Wildman–Crippen MR) is 111 cm³/mol. The fraction of sp³-hybridized carbons (Fsp3) is 0.250. The van der Waals surface area contributed by atoms with Crippen LogP contribution in [-0.4, -0.2) is 29.6 Å². The lowest BCUT2D eigenvalue weighted by atomic mass is 10.3. The van der Waals surface area contributed by atoms with Crippen LogP contribution in [0.15, 0.2) is 41.8 Å². The number of rotatable bonds is 7. The van der Waals surface area contributed by atoms with Gasteiger partial charge in [-0.2, -0.15) is 0 Å². The van der Waals surface area contributed by atoms with Crippen LogP contribution in [0, 0.1) is 6.92 Å². The summed E-state index contributed by atoms with van der Waals surface area (Å²) >= 11 is 2.82. The molecule has 28 heavy (non-hydrogen) atoms. The highest BCUT2D eigenvalue weighted by molar-refractivity contribution is 7.22. The number of carbonyl (C=O) groups is 2. The Bertz CT molecular complexity index is 949. The number of anilines is 1. The summed E-state index contributed by atoms with van der Waals surface area (Å²) < 4.78 is 10.7. The normalized spacial score (nSPS) is 11.7. The third kappa shape index (κ3) is 4.76. The van der Waals surface area contributed by atoms with Gasteiger partial charge in [-0.15, -0.1) is 22.7 Å². The number of thiazole rings is 1. The van der Waals surface area contributed by atoms with E-state index in [2.05, 4.69) is 10.3 Å². The first kappa shape index (κ1) is 20.0. The molecular weight excluding hydrogens is 396 g/mol. The SMILES string of the molecule is CCOc1ccc(NC(=O)C(C)OC(=O)c2sc(-c3cccs3)nc2C)cc1. The number of benzene rings is 1. The number of esters is 1. The molecule has 0 spiro atoms. The van der Waals surface area contributed by atoms with Gasteiger partial charge >= 0.3 is 5.97 Å². The topological polar surface area (TPSA) is 77.5 Å². The molecular formula is C20H20N2O4S2. The van der Waals surface area contributed by atoms with Crippen molar-refractivity contribution in [1.29, 1.82) is 0 Å². The molecule has 0 fully saturated rings. The average molecular weight is 417 g/mol. The summed E-state index contributed by atoms with van der Waals surface area (Å²) in [5.41, 5.74) is 1.20. The Labute approximate surface area is 171 Å². The van der Waals surface area contributed by atoms with Gasteiger partial charge in [0.05, 0.1) is 17.2 Å². The molecule has 2 heterocycles. The highest BCUT2D eigenvalue weighted by atomic mass is 32.1. The number of nitrogens with zero attached hydrogens (tertiary/aromatic N) is 1. The lowest BCUT2D eigenvalue weighted by Crippen LogP contribution is -2.29. The van der Waals surface area contributed by atoms with Crippen molar-refractivity contribution in [2.24, 2.45) is 0 Å². The molecule has 1 N–H and O–H groups in total. The second-order valence-electron chi connectivity index (χ2n) is 5.91. The van der Waals surface area contributed by atoms with Crippen molar-refractivity contribution in [1.82, 2.24) is 4.98 Å². The molecule has 1 amide bonds. The van der Waals surface area contributed by atoms with Crippen molar-refractivity contribution in [2.45, 2.75) is 26.9 Å². The van der Waals surface area contributed by atoms with E-state index in [1.54, 1.807) is 49.4 Å². The number of amides is 1. The number of aromatic nitrogens is 1. The first-order valence-corrected chi connectivity index (χ1v) is 10.4. The number of thiophene rings is 1. The van der Waals surface area contributed by atoms with Gasteiger partial charge in [0.25, 0.3) is 5.91 Å². The van der Waals surface area contributed by atoms with Crippen LogP contribution in [0.1, 0.15) is 29.2 Å². The van der Waals surface area contributed by atoms with Gasteiger partial charge in [-0.3, -0.25) is 4.79 Å². The number of hydrogen-bond donors (Lipinski definition) is 1. The zero-order chi connectivity index (χ0) is 20.1. The Kier molecular flexibility index (Phi) is 6.43. The van der Waals surface area contributed by atoms with E-state index in [1.165, 1.54) is 11.3 Å². The van der Waals surface area contributed by atoms with Crippen LogP contribution >= 0.6 is 22.7 Å². The Morgan fingerprint density at radius 2 is 1.96 bits per heavy atom. The lowest BCUT2D eigenvalue weighted by Gasteiger charge is -2.13.